The van der Waals surface area contributed by atoms with Crippen molar-refractivity contribution in [3.05, 3.63) is 59.8 Å². The standard InChI is InChI=1S/C21H21N3O2S2/c1-14(2)13-27-21-20(23-17-6-4-5-7-18(17)24-21)19(12-22)28(25,26)16-10-8-15(3)9-11-16/h4-11,14,19H,13H2,1-3H3. The fourth-order valence-corrected chi connectivity index (χ4v) is 5.09. The van der Waals surface area contributed by atoms with Crippen molar-refractivity contribution >= 4 is 32.6 Å². The van der Waals surface area contributed by atoms with Crippen molar-refractivity contribution in [2.45, 2.75) is 35.9 Å². The number of rotatable bonds is 6. The zero-order valence-corrected chi connectivity index (χ0v) is 17.6. The van der Waals surface area contributed by atoms with Gasteiger partial charge in [-0.3, -0.25) is 0 Å². The first-order valence-corrected chi connectivity index (χ1v) is 11.5. The van der Waals surface area contributed by atoms with E-state index in [2.05, 4.69) is 23.8 Å². The largest absolute Gasteiger partial charge is 0.246 e. The number of benzene rings is 2. The van der Waals surface area contributed by atoms with Gasteiger partial charge in [-0.15, -0.1) is 11.8 Å². The van der Waals surface area contributed by atoms with Crippen LogP contribution in [0.1, 0.15) is 30.4 Å². The molecule has 0 fully saturated rings. The van der Waals surface area contributed by atoms with E-state index in [0.717, 1.165) is 11.3 Å². The molecule has 0 amide bonds. The molecular weight excluding hydrogens is 390 g/mol. The SMILES string of the molecule is Cc1ccc(S(=O)(=O)C(C#N)c2nc3ccccc3nc2SCC(C)C)cc1. The molecule has 0 radical (unpaired) electrons. The van der Waals surface area contributed by atoms with Gasteiger partial charge in [-0.05, 0) is 37.1 Å². The molecule has 3 rings (SSSR count). The first-order valence-electron chi connectivity index (χ1n) is 8.92. The van der Waals surface area contributed by atoms with Crippen molar-refractivity contribution in [1.29, 1.82) is 5.26 Å². The lowest BCUT2D eigenvalue weighted by molar-refractivity contribution is 0.589. The van der Waals surface area contributed by atoms with Crippen molar-refractivity contribution in [1.82, 2.24) is 9.97 Å². The molecule has 0 saturated carbocycles. The first-order chi connectivity index (χ1) is 13.3. The smallest absolute Gasteiger partial charge is 0.200 e. The highest BCUT2D eigenvalue weighted by Crippen LogP contribution is 2.34. The maximum Gasteiger partial charge on any atom is 0.200 e. The average molecular weight is 412 g/mol. The van der Waals surface area contributed by atoms with Crippen molar-refractivity contribution < 1.29 is 8.42 Å². The summed E-state index contributed by atoms with van der Waals surface area (Å²) < 4.78 is 26.4. The van der Waals surface area contributed by atoms with Gasteiger partial charge in [0.05, 0.1) is 22.0 Å². The number of sulfone groups is 1. The van der Waals surface area contributed by atoms with E-state index < -0.39 is 15.1 Å². The van der Waals surface area contributed by atoms with Crippen LogP contribution in [0.2, 0.25) is 0 Å². The van der Waals surface area contributed by atoms with Gasteiger partial charge in [0.1, 0.15) is 10.7 Å². The Morgan fingerprint density at radius 1 is 1.04 bits per heavy atom. The fourth-order valence-electron chi connectivity index (χ4n) is 2.66. The Kier molecular flexibility index (Phi) is 6.01. The van der Waals surface area contributed by atoms with Crippen LogP contribution in [0.5, 0.6) is 0 Å². The molecule has 0 aliphatic rings. The van der Waals surface area contributed by atoms with Gasteiger partial charge >= 0.3 is 0 Å². The molecule has 28 heavy (non-hydrogen) atoms. The summed E-state index contributed by atoms with van der Waals surface area (Å²) in [5.41, 5.74) is 2.41. The minimum atomic E-state index is -3.93. The van der Waals surface area contributed by atoms with Crippen molar-refractivity contribution in [2.75, 3.05) is 5.75 Å². The normalized spacial score (nSPS) is 12.8. The fraction of sp³-hybridized carbons (Fsp3) is 0.286. The minimum Gasteiger partial charge on any atom is -0.246 e. The van der Waals surface area contributed by atoms with Crippen LogP contribution < -0.4 is 0 Å². The van der Waals surface area contributed by atoms with E-state index in [1.54, 1.807) is 18.2 Å². The highest BCUT2D eigenvalue weighted by molar-refractivity contribution is 7.99. The lowest BCUT2D eigenvalue weighted by atomic mass is 10.2. The first kappa shape index (κ1) is 20.3. The van der Waals surface area contributed by atoms with Gasteiger partial charge < -0.3 is 0 Å². The maximum absolute atomic E-state index is 13.2. The third-order valence-corrected chi connectivity index (χ3v) is 7.43. The highest BCUT2D eigenvalue weighted by atomic mass is 32.2. The second kappa shape index (κ2) is 8.29. The highest BCUT2D eigenvalue weighted by Gasteiger charge is 2.33. The van der Waals surface area contributed by atoms with Crippen molar-refractivity contribution in [2.24, 2.45) is 5.92 Å². The zero-order valence-electron chi connectivity index (χ0n) is 16.0. The van der Waals surface area contributed by atoms with E-state index in [1.165, 1.54) is 23.9 Å². The molecule has 1 aromatic heterocycles. The molecule has 1 heterocycles. The molecule has 0 saturated heterocycles. The zero-order chi connectivity index (χ0) is 20.3. The van der Waals surface area contributed by atoms with Gasteiger partial charge in [-0.25, -0.2) is 18.4 Å². The Bertz CT molecular complexity index is 1130. The van der Waals surface area contributed by atoms with E-state index >= 15 is 0 Å². The van der Waals surface area contributed by atoms with Gasteiger partial charge in [0, 0.05) is 5.75 Å². The second-order valence-corrected chi connectivity index (χ2v) is 10.0. The summed E-state index contributed by atoms with van der Waals surface area (Å²) in [6, 6.07) is 15.8. The van der Waals surface area contributed by atoms with Crippen LogP contribution in [0, 0.1) is 24.2 Å². The molecule has 0 spiro atoms. The minimum absolute atomic E-state index is 0.111. The van der Waals surface area contributed by atoms with Gasteiger partial charge in [-0.2, -0.15) is 5.26 Å². The quantitative estimate of drug-likeness (QED) is 0.546. The number of fused-ring (bicyclic) bond motifs is 1. The molecule has 5 nitrogen and oxygen atoms in total. The monoisotopic (exact) mass is 411 g/mol. The molecule has 3 aromatic rings. The molecule has 0 aliphatic carbocycles. The van der Waals surface area contributed by atoms with E-state index in [9.17, 15) is 13.7 Å². The van der Waals surface area contributed by atoms with Crippen LogP contribution in [0.4, 0.5) is 0 Å². The van der Waals surface area contributed by atoms with Crippen LogP contribution in [0.3, 0.4) is 0 Å². The third-order valence-electron chi connectivity index (χ3n) is 4.14. The maximum atomic E-state index is 13.2. The summed E-state index contributed by atoms with van der Waals surface area (Å²) >= 11 is 1.44. The molecule has 0 bridgehead atoms. The van der Waals surface area contributed by atoms with Crippen LogP contribution >= 0.6 is 11.8 Å². The van der Waals surface area contributed by atoms with Gasteiger partial charge in [0.25, 0.3) is 0 Å². The number of thioether (sulfide) groups is 1. The lowest BCUT2D eigenvalue weighted by Crippen LogP contribution is -2.16. The predicted octanol–water partition coefficient (Wildman–Crippen LogP) is 4.72. The van der Waals surface area contributed by atoms with Crippen LogP contribution in [0.25, 0.3) is 11.0 Å². The molecule has 7 heteroatoms. The van der Waals surface area contributed by atoms with Crippen LogP contribution in [0.15, 0.2) is 58.5 Å². The molecule has 1 unspecified atom stereocenters. The lowest BCUT2D eigenvalue weighted by Gasteiger charge is -2.15. The number of hydrogen-bond donors (Lipinski definition) is 0. The molecule has 144 valence electrons. The number of nitrogens with zero attached hydrogens (tertiary/aromatic N) is 3. The topological polar surface area (TPSA) is 83.7 Å². The second-order valence-electron chi connectivity index (χ2n) is 6.97. The third kappa shape index (κ3) is 4.18. The number of nitriles is 1. The number of aryl methyl sites for hydroxylation is 1. The Labute approximate surface area is 169 Å². The predicted molar refractivity (Wildman–Crippen MR) is 112 cm³/mol. The van der Waals surface area contributed by atoms with Gasteiger partial charge in [0.15, 0.2) is 15.1 Å². The molecule has 1 atom stereocenters. The summed E-state index contributed by atoms with van der Waals surface area (Å²) in [4.78, 5) is 9.28. The Balaban J connectivity index is 2.16. The Hall–Kier alpha value is -2.43. The summed E-state index contributed by atoms with van der Waals surface area (Å²) in [5.74, 6) is 1.14. The molecule has 2 aromatic carbocycles. The van der Waals surface area contributed by atoms with Crippen LogP contribution in [-0.2, 0) is 9.84 Å². The van der Waals surface area contributed by atoms with Crippen LogP contribution in [-0.4, -0.2) is 24.1 Å². The number of para-hydroxylation sites is 2. The summed E-state index contributed by atoms with van der Waals surface area (Å²) in [5, 5.41) is 8.88. The van der Waals surface area contributed by atoms with E-state index in [-0.39, 0.29) is 10.6 Å². The molecular formula is C21H21N3O2S2. The number of hydrogen-bond acceptors (Lipinski definition) is 6. The Morgan fingerprint density at radius 3 is 2.21 bits per heavy atom. The average Bonchev–Trinajstić information content (AvgIpc) is 2.67. The van der Waals surface area contributed by atoms with Crippen molar-refractivity contribution in [3.63, 3.8) is 0 Å². The molecule has 0 aliphatic heterocycles. The van der Waals surface area contributed by atoms with E-state index in [4.69, 9.17) is 0 Å². The van der Waals surface area contributed by atoms with Crippen molar-refractivity contribution in [3.8, 4) is 6.07 Å². The molecule has 0 N–H and O–H groups in total. The Morgan fingerprint density at radius 2 is 1.64 bits per heavy atom. The van der Waals surface area contributed by atoms with Gasteiger partial charge in [-0.1, -0.05) is 43.7 Å². The summed E-state index contributed by atoms with van der Waals surface area (Å²) in [7, 11) is -3.93. The van der Waals surface area contributed by atoms with Gasteiger partial charge in [0.2, 0.25) is 0 Å². The van der Waals surface area contributed by atoms with E-state index in [1.807, 2.05) is 31.2 Å². The number of aromatic nitrogens is 2. The summed E-state index contributed by atoms with van der Waals surface area (Å²) in [6.07, 6.45) is 0. The van der Waals surface area contributed by atoms with E-state index in [0.29, 0.717) is 22.0 Å². The summed E-state index contributed by atoms with van der Waals surface area (Å²) in [6.45, 7) is 6.03.